The summed E-state index contributed by atoms with van der Waals surface area (Å²) in [5, 5.41) is 20.2. The molecule has 0 fully saturated rings. The van der Waals surface area contributed by atoms with Gasteiger partial charge in [-0.15, -0.1) is 0 Å². The van der Waals surface area contributed by atoms with Gasteiger partial charge in [-0.1, -0.05) is 19.4 Å². The molecule has 0 aliphatic heterocycles. The van der Waals surface area contributed by atoms with Crippen molar-refractivity contribution in [2.75, 3.05) is 0 Å². The van der Waals surface area contributed by atoms with Gasteiger partial charge in [-0.05, 0) is 29.7 Å². The van der Waals surface area contributed by atoms with E-state index in [-0.39, 0.29) is 12.4 Å². The molecule has 0 radical (unpaired) electrons. The van der Waals surface area contributed by atoms with Crippen molar-refractivity contribution in [3.8, 4) is 5.75 Å². The molecule has 1 aromatic carbocycles. The van der Waals surface area contributed by atoms with E-state index in [0.717, 1.165) is 29.4 Å². The van der Waals surface area contributed by atoms with E-state index in [1.54, 1.807) is 12.3 Å². The quantitative estimate of drug-likeness (QED) is 0.830. The number of aromatic nitrogens is 1. The van der Waals surface area contributed by atoms with Crippen LogP contribution in [0.25, 0.3) is 10.9 Å². The number of aliphatic hydroxyl groups excluding tert-OH is 1. The van der Waals surface area contributed by atoms with Crippen molar-refractivity contribution in [3.63, 3.8) is 0 Å². The van der Waals surface area contributed by atoms with E-state index >= 15 is 0 Å². The predicted molar refractivity (Wildman–Crippen MR) is 63.3 cm³/mol. The predicted octanol–water partition coefficient (Wildman–Crippen LogP) is 2.39. The summed E-state index contributed by atoms with van der Waals surface area (Å²) >= 11 is 0. The van der Waals surface area contributed by atoms with Crippen LogP contribution in [0.1, 0.15) is 24.5 Å². The topological polar surface area (TPSA) is 53.4 Å². The van der Waals surface area contributed by atoms with Crippen LogP contribution in [0, 0.1) is 0 Å². The van der Waals surface area contributed by atoms with Gasteiger partial charge in [0.1, 0.15) is 11.3 Å². The van der Waals surface area contributed by atoms with Gasteiger partial charge in [0.25, 0.3) is 0 Å². The largest absolute Gasteiger partial charge is 0.505 e. The molecule has 3 nitrogen and oxygen atoms in total. The lowest BCUT2D eigenvalue weighted by Gasteiger charge is -2.10. The van der Waals surface area contributed by atoms with E-state index in [9.17, 15) is 10.2 Å². The molecule has 0 bridgehead atoms. The summed E-state index contributed by atoms with van der Waals surface area (Å²) in [4.78, 5) is 4.17. The van der Waals surface area contributed by atoms with Crippen molar-refractivity contribution in [3.05, 3.63) is 35.5 Å². The maximum atomic E-state index is 10.1. The van der Waals surface area contributed by atoms with Crippen LogP contribution in [0.4, 0.5) is 0 Å². The van der Waals surface area contributed by atoms with E-state index in [4.69, 9.17) is 0 Å². The maximum Gasteiger partial charge on any atom is 0.145 e. The van der Waals surface area contributed by atoms with Gasteiger partial charge in [0.05, 0.1) is 6.61 Å². The van der Waals surface area contributed by atoms with Crippen LogP contribution in [0.2, 0.25) is 0 Å². The Morgan fingerprint density at radius 2 is 2.12 bits per heavy atom. The minimum atomic E-state index is -0.0286. The minimum absolute atomic E-state index is 0.0286. The molecular weight excluding hydrogens is 202 g/mol. The van der Waals surface area contributed by atoms with Gasteiger partial charge in [0.15, 0.2) is 0 Å². The molecule has 0 atom stereocenters. The lowest BCUT2D eigenvalue weighted by atomic mass is 10.0. The molecule has 0 spiro atoms. The number of hydrogen-bond acceptors (Lipinski definition) is 3. The summed E-state index contributed by atoms with van der Waals surface area (Å²) in [6, 6.07) is 5.53. The number of aromatic hydroxyl groups is 1. The average Bonchev–Trinajstić information content (AvgIpc) is 2.33. The molecule has 0 saturated carbocycles. The number of aliphatic hydroxyl groups is 1. The molecule has 3 heteroatoms. The third-order valence-electron chi connectivity index (χ3n) is 2.72. The van der Waals surface area contributed by atoms with Crippen LogP contribution in [-0.4, -0.2) is 15.2 Å². The van der Waals surface area contributed by atoms with Gasteiger partial charge in [-0.25, -0.2) is 0 Å². The van der Waals surface area contributed by atoms with Crippen molar-refractivity contribution in [2.45, 2.75) is 26.4 Å². The Hall–Kier alpha value is -1.61. The van der Waals surface area contributed by atoms with Crippen molar-refractivity contribution in [2.24, 2.45) is 0 Å². The summed E-state index contributed by atoms with van der Waals surface area (Å²) in [5.41, 5.74) is 2.26. The zero-order valence-electron chi connectivity index (χ0n) is 9.27. The molecule has 0 aliphatic rings. The normalized spacial score (nSPS) is 10.9. The number of benzene rings is 1. The fourth-order valence-electron chi connectivity index (χ4n) is 1.95. The highest BCUT2D eigenvalue weighted by atomic mass is 16.3. The molecule has 0 saturated heterocycles. The monoisotopic (exact) mass is 217 g/mol. The van der Waals surface area contributed by atoms with E-state index in [2.05, 4.69) is 11.9 Å². The Kier molecular flexibility index (Phi) is 3.06. The number of aryl methyl sites for hydroxylation is 1. The first-order valence-electron chi connectivity index (χ1n) is 5.47. The molecule has 2 N–H and O–H groups in total. The van der Waals surface area contributed by atoms with E-state index in [1.165, 1.54) is 0 Å². The second-order valence-corrected chi connectivity index (χ2v) is 3.85. The third-order valence-corrected chi connectivity index (χ3v) is 2.72. The Labute approximate surface area is 94.4 Å². The highest BCUT2D eigenvalue weighted by molar-refractivity contribution is 5.88. The number of rotatable bonds is 3. The molecule has 16 heavy (non-hydrogen) atoms. The molecular formula is C13H15NO2. The summed E-state index contributed by atoms with van der Waals surface area (Å²) in [5.74, 6) is 0.245. The van der Waals surface area contributed by atoms with Gasteiger partial charge >= 0.3 is 0 Å². The van der Waals surface area contributed by atoms with E-state index in [0.29, 0.717) is 5.52 Å². The molecule has 1 heterocycles. The minimum Gasteiger partial charge on any atom is -0.505 e. The first-order valence-corrected chi connectivity index (χ1v) is 5.47. The molecule has 2 rings (SSSR count). The maximum absolute atomic E-state index is 10.1. The molecule has 1 aromatic heterocycles. The van der Waals surface area contributed by atoms with Crippen LogP contribution in [-0.2, 0) is 13.0 Å². The number of phenols is 1. The zero-order valence-corrected chi connectivity index (χ0v) is 9.27. The average molecular weight is 217 g/mol. The van der Waals surface area contributed by atoms with E-state index in [1.807, 2.05) is 12.1 Å². The number of phenolic OH excluding ortho intramolecular Hbond substituents is 1. The molecule has 0 aliphatic carbocycles. The van der Waals surface area contributed by atoms with E-state index < -0.39 is 0 Å². The van der Waals surface area contributed by atoms with Gasteiger partial charge < -0.3 is 10.2 Å². The van der Waals surface area contributed by atoms with Gasteiger partial charge in [-0.3, -0.25) is 4.98 Å². The van der Waals surface area contributed by atoms with Crippen LogP contribution in [0.3, 0.4) is 0 Å². The smallest absolute Gasteiger partial charge is 0.145 e. The first kappa shape index (κ1) is 10.9. The van der Waals surface area contributed by atoms with Gasteiger partial charge in [-0.2, -0.15) is 0 Å². The number of pyridine rings is 1. The zero-order chi connectivity index (χ0) is 11.5. The molecule has 0 amide bonds. The summed E-state index contributed by atoms with van der Waals surface area (Å²) in [6.07, 6.45) is 3.40. The second kappa shape index (κ2) is 4.49. The van der Waals surface area contributed by atoms with Crippen molar-refractivity contribution in [1.29, 1.82) is 0 Å². The van der Waals surface area contributed by atoms with Crippen molar-refractivity contribution < 1.29 is 10.2 Å². The Morgan fingerprint density at radius 1 is 1.31 bits per heavy atom. The SMILES string of the molecule is CCCc1cc(CO)c2cccnc2c1O. The lowest BCUT2D eigenvalue weighted by molar-refractivity contribution is 0.283. The number of fused-ring (bicyclic) bond motifs is 1. The Balaban J connectivity index is 2.72. The summed E-state index contributed by atoms with van der Waals surface area (Å²) in [7, 11) is 0. The Bertz CT molecular complexity index is 509. The van der Waals surface area contributed by atoms with Crippen LogP contribution in [0.15, 0.2) is 24.4 Å². The highest BCUT2D eigenvalue weighted by Crippen LogP contribution is 2.30. The highest BCUT2D eigenvalue weighted by Gasteiger charge is 2.10. The van der Waals surface area contributed by atoms with Crippen LogP contribution in [0.5, 0.6) is 5.75 Å². The van der Waals surface area contributed by atoms with Gasteiger partial charge in [0.2, 0.25) is 0 Å². The molecule has 0 unspecified atom stereocenters. The van der Waals surface area contributed by atoms with Crippen molar-refractivity contribution in [1.82, 2.24) is 4.98 Å². The summed E-state index contributed by atoms with van der Waals surface area (Å²) < 4.78 is 0. The van der Waals surface area contributed by atoms with Crippen LogP contribution < -0.4 is 0 Å². The second-order valence-electron chi connectivity index (χ2n) is 3.85. The molecule has 2 aromatic rings. The fourth-order valence-corrected chi connectivity index (χ4v) is 1.95. The third kappa shape index (κ3) is 1.74. The lowest BCUT2D eigenvalue weighted by Crippen LogP contribution is -1.94. The van der Waals surface area contributed by atoms with Crippen LogP contribution >= 0.6 is 0 Å². The van der Waals surface area contributed by atoms with Gasteiger partial charge in [0, 0.05) is 11.6 Å². The van der Waals surface area contributed by atoms with Crippen molar-refractivity contribution >= 4 is 10.9 Å². The number of nitrogens with zero attached hydrogens (tertiary/aromatic N) is 1. The summed E-state index contributed by atoms with van der Waals surface area (Å²) in [6.45, 7) is 2.03. The Morgan fingerprint density at radius 3 is 2.81 bits per heavy atom. The number of hydrogen-bond donors (Lipinski definition) is 2. The first-order chi connectivity index (χ1) is 7.77. The fraction of sp³-hybridized carbons (Fsp3) is 0.308. The molecule has 84 valence electrons. The standard InChI is InChI=1S/C13H15NO2/c1-2-4-9-7-10(8-15)11-5-3-6-14-12(11)13(9)16/h3,5-7,15-16H,2,4,8H2,1H3.